The maximum absolute atomic E-state index is 12.5. The summed E-state index contributed by atoms with van der Waals surface area (Å²) in [6, 6.07) is 11.3. The van der Waals surface area contributed by atoms with Crippen molar-refractivity contribution in [3.05, 3.63) is 69.5 Å². The highest BCUT2D eigenvalue weighted by molar-refractivity contribution is 7.89. The smallest absolute Gasteiger partial charge is 0.200 e. The van der Waals surface area contributed by atoms with Crippen molar-refractivity contribution in [1.82, 2.24) is 8.83 Å². The summed E-state index contributed by atoms with van der Waals surface area (Å²) in [4.78, 5) is 21.8. The molecule has 0 heterocycles. The summed E-state index contributed by atoms with van der Waals surface area (Å²) in [5.74, 6) is 0. The number of aryl methyl sites for hydroxylation is 2. The van der Waals surface area contributed by atoms with Crippen LogP contribution < -0.4 is 0 Å². The van der Waals surface area contributed by atoms with Crippen molar-refractivity contribution in [1.29, 1.82) is 0 Å². The predicted molar refractivity (Wildman–Crippen MR) is 102 cm³/mol. The number of hydrogen-bond acceptors (Lipinski definition) is 8. The first-order valence-electron chi connectivity index (χ1n) is 7.98. The molecule has 0 fully saturated rings. The van der Waals surface area contributed by atoms with Gasteiger partial charge in [0.15, 0.2) is 0 Å². The van der Waals surface area contributed by atoms with Crippen molar-refractivity contribution in [2.24, 2.45) is 10.6 Å². The Bertz CT molecular complexity index is 964. The van der Waals surface area contributed by atoms with Crippen LogP contribution in [-0.2, 0) is 20.0 Å². The van der Waals surface area contributed by atoms with Crippen LogP contribution >= 0.6 is 0 Å². The summed E-state index contributed by atoms with van der Waals surface area (Å²) in [6.45, 7) is 2.15. The number of nitrogens with zero attached hydrogens (tertiary/aromatic N) is 4. The quantitative estimate of drug-likeness (QED) is 0.446. The zero-order chi connectivity index (χ0) is 20.9. The van der Waals surface area contributed by atoms with Gasteiger partial charge in [-0.3, -0.25) is 0 Å². The van der Waals surface area contributed by atoms with Crippen LogP contribution in [0, 0.1) is 23.7 Å². The van der Waals surface area contributed by atoms with E-state index in [4.69, 9.17) is 0 Å². The Balaban J connectivity index is 2.22. The van der Waals surface area contributed by atoms with E-state index in [2.05, 4.69) is 10.6 Å². The van der Waals surface area contributed by atoms with Crippen LogP contribution in [0.3, 0.4) is 0 Å². The molecule has 0 bridgehead atoms. The summed E-state index contributed by atoms with van der Waals surface area (Å²) in [5, 5.41) is 4.92. The molecule has 0 aliphatic heterocycles. The first kappa shape index (κ1) is 21.4. The van der Waals surface area contributed by atoms with E-state index >= 15 is 0 Å². The predicted octanol–water partition coefficient (Wildman–Crippen LogP) is 2.35. The molecule has 0 aliphatic rings. The second-order valence-electron chi connectivity index (χ2n) is 5.89. The molecule has 0 amide bonds. The summed E-state index contributed by atoms with van der Waals surface area (Å²) in [5.41, 5.74) is 1.62. The fourth-order valence-corrected chi connectivity index (χ4v) is 4.51. The van der Waals surface area contributed by atoms with Gasteiger partial charge in [-0.2, -0.15) is 16.8 Å². The standard InChI is InChI=1S/C16H18N4O6S2/c1-13-3-7-15(8-4-13)27(23,24)19(17-21)11-12-20(18-22)28(25,26)16-9-5-14(2)6-10-16/h3-10H,11-12H2,1-2H3. The van der Waals surface area contributed by atoms with Gasteiger partial charge in [0.1, 0.15) is 0 Å². The summed E-state index contributed by atoms with van der Waals surface area (Å²) in [6.07, 6.45) is 0. The van der Waals surface area contributed by atoms with Gasteiger partial charge in [0.2, 0.25) is 0 Å². The second kappa shape index (κ2) is 8.44. The normalized spacial score (nSPS) is 11.6. The third kappa shape index (κ3) is 4.51. The molecule has 2 aromatic rings. The number of sulfonamides is 2. The van der Waals surface area contributed by atoms with Crippen molar-refractivity contribution in [3.63, 3.8) is 0 Å². The van der Waals surface area contributed by atoms with E-state index in [0.717, 1.165) is 11.1 Å². The van der Waals surface area contributed by atoms with Crippen molar-refractivity contribution in [2.75, 3.05) is 13.1 Å². The fourth-order valence-electron chi connectivity index (χ4n) is 2.24. The Morgan fingerprint density at radius 3 is 1.18 bits per heavy atom. The first-order valence-corrected chi connectivity index (χ1v) is 10.9. The van der Waals surface area contributed by atoms with E-state index in [0.29, 0.717) is 0 Å². The molecule has 150 valence electrons. The largest absolute Gasteiger partial charge is 0.281 e. The first-order chi connectivity index (χ1) is 13.1. The van der Waals surface area contributed by atoms with Crippen molar-refractivity contribution >= 4 is 20.0 Å². The molecule has 0 aromatic heterocycles. The summed E-state index contributed by atoms with van der Waals surface area (Å²) in [7, 11) is -8.60. The van der Waals surface area contributed by atoms with Crippen LogP contribution in [0.2, 0.25) is 0 Å². The Labute approximate surface area is 162 Å². The minimum Gasteiger partial charge on any atom is -0.200 e. The van der Waals surface area contributed by atoms with E-state index in [-0.39, 0.29) is 18.6 Å². The van der Waals surface area contributed by atoms with E-state index in [1.807, 2.05) is 0 Å². The SMILES string of the molecule is Cc1ccc(S(=O)(=O)N(CCN(N=O)S(=O)(=O)c2ccc(C)cc2)N=O)cc1. The highest BCUT2D eigenvalue weighted by Crippen LogP contribution is 2.19. The number of rotatable bonds is 9. The van der Waals surface area contributed by atoms with Gasteiger partial charge in [-0.05, 0) is 38.1 Å². The van der Waals surface area contributed by atoms with Crippen LogP contribution in [0.1, 0.15) is 11.1 Å². The molecular formula is C16H18N4O6S2. The molecule has 0 radical (unpaired) electrons. The molecule has 0 saturated carbocycles. The number of hydrogen-bond donors (Lipinski definition) is 0. The maximum Gasteiger partial charge on any atom is 0.281 e. The Morgan fingerprint density at radius 2 is 0.929 bits per heavy atom. The van der Waals surface area contributed by atoms with E-state index in [1.165, 1.54) is 48.5 Å². The molecular weight excluding hydrogens is 408 g/mol. The van der Waals surface area contributed by atoms with Gasteiger partial charge in [0.05, 0.1) is 33.5 Å². The Morgan fingerprint density at radius 1 is 0.643 bits per heavy atom. The fraction of sp³-hybridized carbons (Fsp3) is 0.250. The third-order valence-electron chi connectivity index (χ3n) is 3.86. The van der Waals surface area contributed by atoms with E-state index in [1.54, 1.807) is 13.8 Å². The minimum absolute atomic E-state index is 0.181. The van der Waals surface area contributed by atoms with Crippen molar-refractivity contribution in [3.8, 4) is 0 Å². The average molecular weight is 426 g/mol. The van der Waals surface area contributed by atoms with Crippen LogP contribution in [0.5, 0.6) is 0 Å². The maximum atomic E-state index is 12.5. The van der Waals surface area contributed by atoms with E-state index in [9.17, 15) is 26.6 Å². The van der Waals surface area contributed by atoms with Crippen molar-refractivity contribution < 1.29 is 16.8 Å². The van der Waals surface area contributed by atoms with Crippen molar-refractivity contribution in [2.45, 2.75) is 23.6 Å². The number of nitroso groups, excluding NO2 is 2. The molecule has 0 aliphatic carbocycles. The topological polar surface area (TPSA) is 134 Å². The molecule has 2 aromatic carbocycles. The van der Waals surface area contributed by atoms with Gasteiger partial charge >= 0.3 is 0 Å². The van der Waals surface area contributed by atoms with Gasteiger partial charge < -0.3 is 0 Å². The van der Waals surface area contributed by atoms with Crippen LogP contribution in [0.15, 0.2) is 68.9 Å². The lowest BCUT2D eigenvalue weighted by Crippen LogP contribution is -2.36. The van der Waals surface area contributed by atoms with Gasteiger partial charge in [0, 0.05) is 0 Å². The van der Waals surface area contributed by atoms with Crippen LogP contribution in [0.25, 0.3) is 0 Å². The minimum atomic E-state index is -4.30. The second-order valence-corrected chi connectivity index (χ2v) is 9.58. The lowest BCUT2D eigenvalue weighted by atomic mass is 10.2. The zero-order valence-electron chi connectivity index (χ0n) is 15.1. The lowest BCUT2D eigenvalue weighted by Gasteiger charge is -2.19. The highest BCUT2D eigenvalue weighted by Gasteiger charge is 2.29. The van der Waals surface area contributed by atoms with Crippen LogP contribution in [0.4, 0.5) is 0 Å². The summed E-state index contributed by atoms with van der Waals surface area (Å²) >= 11 is 0. The monoisotopic (exact) mass is 426 g/mol. The molecule has 2 rings (SSSR count). The molecule has 0 spiro atoms. The Kier molecular flexibility index (Phi) is 6.46. The molecule has 0 unspecified atom stereocenters. The van der Waals surface area contributed by atoms with Gasteiger partial charge in [0.25, 0.3) is 20.0 Å². The molecule has 0 atom stereocenters. The summed E-state index contributed by atoms with van der Waals surface area (Å²) < 4.78 is 50.3. The van der Waals surface area contributed by atoms with Gasteiger partial charge in [-0.25, -0.2) is 0 Å². The molecule has 0 N–H and O–H groups in total. The van der Waals surface area contributed by atoms with Crippen LogP contribution in [-0.4, -0.2) is 38.8 Å². The molecule has 0 saturated heterocycles. The molecule has 28 heavy (non-hydrogen) atoms. The number of benzene rings is 2. The molecule has 12 heteroatoms. The van der Waals surface area contributed by atoms with E-state index < -0.39 is 33.1 Å². The van der Waals surface area contributed by atoms with Gasteiger partial charge in [-0.1, -0.05) is 35.4 Å². The molecule has 10 nitrogen and oxygen atoms in total. The zero-order valence-corrected chi connectivity index (χ0v) is 16.7. The highest BCUT2D eigenvalue weighted by atomic mass is 32.2. The Hall–Kier alpha value is -2.86. The average Bonchev–Trinajstić information content (AvgIpc) is 2.65. The third-order valence-corrected chi connectivity index (χ3v) is 7.20. The lowest BCUT2D eigenvalue weighted by molar-refractivity contribution is 0.356. The van der Waals surface area contributed by atoms with Gasteiger partial charge in [-0.15, -0.1) is 18.6 Å².